The van der Waals surface area contributed by atoms with Gasteiger partial charge in [-0.2, -0.15) is 0 Å². The number of anilines is 1. The molecule has 96 valence electrons. The zero-order valence-corrected chi connectivity index (χ0v) is 12.1. The molecule has 1 heterocycles. The average Bonchev–Trinajstić information content (AvgIpc) is 2.29. The number of halogens is 2. The van der Waals surface area contributed by atoms with E-state index in [9.17, 15) is 14.0 Å². The zero-order valence-electron chi connectivity index (χ0n) is 9.91. The average molecular weight is 362 g/mol. The highest BCUT2D eigenvalue weighted by molar-refractivity contribution is 14.1. The van der Waals surface area contributed by atoms with E-state index in [0.717, 1.165) is 0 Å². The normalized spacial score (nSPS) is 24.1. The number of rotatable bonds is 1. The van der Waals surface area contributed by atoms with Gasteiger partial charge in [-0.25, -0.2) is 4.39 Å². The Morgan fingerprint density at radius 3 is 2.61 bits per heavy atom. The van der Waals surface area contributed by atoms with E-state index in [2.05, 4.69) is 5.32 Å². The predicted octanol–water partition coefficient (Wildman–Crippen LogP) is 1.67. The Morgan fingerprint density at radius 2 is 2.00 bits per heavy atom. The number of carbonyl (C=O) groups is 2. The van der Waals surface area contributed by atoms with Gasteiger partial charge in [0, 0.05) is 3.57 Å². The molecular weight excluding hydrogens is 350 g/mol. The fourth-order valence-corrected chi connectivity index (χ4v) is 2.65. The first kappa shape index (κ1) is 13.3. The molecule has 1 saturated heterocycles. The highest BCUT2D eigenvalue weighted by Crippen LogP contribution is 2.27. The molecule has 2 rings (SSSR count). The number of nitrogens with one attached hydrogen (secondary N) is 1. The third kappa shape index (κ3) is 2.21. The molecule has 1 N–H and O–H groups in total. The third-order valence-corrected chi connectivity index (χ3v) is 3.77. The molecule has 2 unspecified atom stereocenters. The highest BCUT2D eigenvalue weighted by atomic mass is 127. The zero-order chi connectivity index (χ0) is 13.4. The smallest absolute Gasteiger partial charge is 0.250 e. The number of hydrogen-bond donors (Lipinski definition) is 1. The van der Waals surface area contributed by atoms with Crippen LogP contribution in [-0.4, -0.2) is 23.9 Å². The second-order valence-electron chi connectivity index (χ2n) is 4.21. The highest BCUT2D eigenvalue weighted by Gasteiger charge is 2.37. The summed E-state index contributed by atoms with van der Waals surface area (Å²) in [4.78, 5) is 25.3. The van der Waals surface area contributed by atoms with E-state index in [1.807, 2.05) is 22.6 Å². The molecule has 18 heavy (non-hydrogen) atoms. The van der Waals surface area contributed by atoms with E-state index in [0.29, 0.717) is 9.26 Å². The van der Waals surface area contributed by atoms with Crippen molar-refractivity contribution in [2.75, 3.05) is 4.90 Å². The minimum Gasteiger partial charge on any atom is -0.343 e. The summed E-state index contributed by atoms with van der Waals surface area (Å²) in [5, 5.41) is 2.60. The topological polar surface area (TPSA) is 49.4 Å². The number of benzene rings is 1. The van der Waals surface area contributed by atoms with E-state index >= 15 is 0 Å². The Balaban J connectivity index is 2.46. The van der Waals surface area contributed by atoms with Crippen molar-refractivity contribution >= 4 is 40.1 Å². The van der Waals surface area contributed by atoms with Crippen LogP contribution in [0.3, 0.4) is 0 Å². The number of hydrogen-bond acceptors (Lipinski definition) is 2. The molecule has 0 saturated carbocycles. The fourth-order valence-electron chi connectivity index (χ4n) is 1.92. The predicted molar refractivity (Wildman–Crippen MR) is 73.7 cm³/mol. The summed E-state index contributed by atoms with van der Waals surface area (Å²) in [7, 11) is 0. The van der Waals surface area contributed by atoms with Crippen LogP contribution >= 0.6 is 22.6 Å². The van der Waals surface area contributed by atoms with Crippen LogP contribution in [0.2, 0.25) is 0 Å². The molecule has 1 aliphatic heterocycles. The molecule has 1 aromatic carbocycles. The van der Waals surface area contributed by atoms with Gasteiger partial charge in [-0.3, -0.25) is 14.5 Å². The molecule has 1 fully saturated rings. The van der Waals surface area contributed by atoms with Gasteiger partial charge in [0.05, 0.1) is 5.69 Å². The molecule has 0 aliphatic carbocycles. The van der Waals surface area contributed by atoms with Crippen LogP contribution in [0.4, 0.5) is 10.1 Å². The summed E-state index contributed by atoms with van der Waals surface area (Å²) in [6, 6.07) is 3.00. The first-order chi connectivity index (χ1) is 8.41. The van der Waals surface area contributed by atoms with Crippen molar-refractivity contribution in [2.45, 2.75) is 25.9 Å². The Morgan fingerprint density at radius 1 is 1.33 bits per heavy atom. The van der Waals surface area contributed by atoms with Crippen molar-refractivity contribution in [1.82, 2.24) is 5.32 Å². The second kappa shape index (κ2) is 4.83. The van der Waals surface area contributed by atoms with Crippen molar-refractivity contribution in [1.29, 1.82) is 0 Å². The molecule has 6 heteroatoms. The van der Waals surface area contributed by atoms with E-state index in [-0.39, 0.29) is 17.6 Å². The third-order valence-electron chi connectivity index (χ3n) is 2.90. The lowest BCUT2D eigenvalue weighted by Crippen LogP contribution is -2.61. The van der Waals surface area contributed by atoms with E-state index in [4.69, 9.17) is 0 Å². The van der Waals surface area contributed by atoms with Crippen molar-refractivity contribution in [3.05, 3.63) is 27.6 Å². The molecule has 0 radical (unpaired) electrons. The molecule has 4 nitrogen and oxygen atoms in total. The van der Waals surface area contributed by atoms with Gasteiger partial charge in [0.1, 0.15) is 17.9 Å². The van der Waals surface area contributed by atoms with Crippen LogP contribution in [0.5, 0.6) is 0 Å². The summed E-state index contributed by atoms with van der Waals surface area (Å²) in [5.41, 5.74) is 0.566. The van der Waals surface area contributed by atoms with Gasteiger partial charge in [-0.05, 0) is 54.6 Å². The molecule has 1 aromatic rings. The van der Waals surface area contributed by atoms with Crippen molar-refractivity contribution in [3.8, 4) is 0 Å². The molecule has 0 spiro atoms. The Labute approximate surface area is 118 Å². The van der Waals surface area contributed by atoms with E-state index in [1.54, 1.807) is 13.8 Å². The van der Waals surface area contributed by atoms with Crippen molar-refractivity contribution in [3.63, 3.8) is 0 Å². The van der Waals surface area contributed by atoms with Gasteiger partial charge in [0.25, 0.3) is 0 Å². The Hall–Kier alpha value is -1.18. The van der Waals surface area contributed by atoms with Gasteiger partial charge < -0.3 is 5.32 Å². The fraction of sp³-hybridized carbons (Fsp3) is 0.333. The largest absolute Gasteiger partial charge is 0.343 e. The van der Waals surface area contributed by atoms with Crippen LogP contribution in [0.15, 0.2) is 18.2 Å². The lowest BCUT2D eigenvalue weighted by Gasteiger charge is -2.36. The van der Waals surface area contributed by atoms with Crippen LogP contribution in [0, 0.1) is 9.39 Å². The van der Waals surface area contributed by atoms with Gasteiger partial charge in [-0.15, -0.1) is 0 Å². The monoisotopic (exact) mass is 362 g/mol. The Bertz CT molecular complexity index is 521. The van der Waals surface area contributed by atoms with Crippen LogP contribution < -0.4 is 10.2 Å². The summed E-state index contributed by atoms with van der Waals surface area (Å²) < 4.78 is 13.7. The van der Waals surface area contributed by atoms with Gasteiger partial charge in [-0.1, -0.05) is 0 Å². The van der Waals surface area contributed by atoms with Crippen LogP contribution in [-0.2, 0) is 9.59 Å². The minimum absolute atomic E-state index is 0.188. The number of nitrogens with zero attached hydrogens (tertiary/aromatic N) is 1. The van der Waals surface area contributed by atoms with Gasteiger partial charge >= 0.3 is 0 Å². The van der Waals surface area contributed by atoms with Gasteiger partial charge in [0.2, 0.25) is 11.8 Å². The van der Waals surface area contributed by atoms with Gasteiger partial charge in [0.15, 0.2) is 0 Å². The lowest BCUT2D eigenvalue weighted by atomic mass is 10.1. The maximum Gasteiger partial charge on any atom is 0.250 e. The summed E-state index contributed by atoms with van der Waals surface area (Å²) in [6.45, 7) is 3.29. The lowest BCUT2D eigenvalue weighted by molar-refractivity contribution is -0.133. The molecule has 1 aliphatic rings. The number of amides is 2. The van der Waals surface area contributed by atoms with Crippen molar-refractivity contribution < 1.29 is 14.0 Å². The minimum atomic E-state index is -0.590. The van der Waals surface area contributed by atoms with Crippen LogP contribution in [0.1, 0.15) is 13.8 Å². The van der Waals surface area contributed by atoms with E-state index < -0.39 is 12.1 Å². The standard InChI is InChI=1S/C12H12FIN2O2/c1-6-12(18)16(7(2)11(17)15-6)10-4-3-8(13)5-9(10)14/h3-7H,1-2H3,(H,15,17). The molecule has 0 aromatic heterocycles. The molecule has 2 amide bonds. The SMILES string of the molecule is CC1NC(=O)C(C)N(c2ccc(F)cc2I)C1=O. The first-order valence-electron chi connectivity index (χ1n) is 5.50. The number of carbonyl (C=O) groups excluding carboxylic acids is 2. The summed E-state index contributed by atoms with van der Waals surface area (Å²) in [6.07, 6.45) is 0. The van der Waals surface area contributed by atoms with E-state index in [1.165, 1.54) is 23.1 Å². The van der Waals surface area contributed by atoms with Crippen molar-refractivity contribution in [2.24, 2.45) is 0 Å². The Kier molecular flexibility index (Phi) is 3.56. The van der Waals surface area contributed by atoms with Crippen LogP contribution in [0.25, 0.3) is 0 Å². The number of piperazine rings is 1. The molecule has 0 bridgehead atoms. The molecular formula is C12H12FIN2O2. The quantitative estimate of drug-likeness (QED) is 0.773. The maximum absolute atomic E-state index is 13.1. The maximum atomic E-state index is 13.1. The molecule has 2 atom stereocenters. The first-order valence-corrected chi connectivity index (χ1v) is 6.58. The second-order valence-corrected chi connectivity index (χ2v) is 5.37. The summed E-state index contributed by atoms with van der Waals surface area (Å²) >= 11 is 1.96. The summed E-state index contributed by atoms with van der Waals surface area (Å²) in [5.74, 6) is -0.758.